The molecule has 0 aromatic carbocycles. The van der Waals surface area contributed by atoms with Crippen molar-refractivity contribution in [3.05, 3.63) is 18.3 Å². The van der Waals surface area contributed by atoms with Crippen LogP contribution in [0.25, 0.3) is 0 Å². The Hall–Kier alpha value is -1.14. The van der Waals surface area contributed by atoms with E-state index in [1.54, 1.807) is 12.1 Å². The van der Waals surface area contributed by atoms with E-state index in [4.69, 9.17) is 0 Å². The average Bonchev–Trinajstić information content (AvgIpc) is 2.28. The summed E-state index contributed by atoms with van der Waals surface area (Å²) in [7, 11) is -3.53. The number of aromatic nitrogens is 1. The van der Waals surface area contributed by atoms with E-state index < -0.39 is 10.0 Å². The number of anilines is 1. The molecule has 0 fully saturated rings. The first-order valence-electron chi connectivity index (χ1n) is 5.66. The molecule has 1 rings (SSSR count). The maximum absolute atomic E-state index is 12.0. The normalized spacial score (nSPS) is 11.8. The van der Waals surface area contributed by atoms with Crippen LogP contribution in [0.3, 0.4) is 0 Å². The summed E-state index contributed by atoms with van der Waals surface area (Å²) < 4.78 is 26.6. The SMILES string of the molecule is CCNc1cccnc1S(=O)(=O)NCC(C)C. The lowest BCUT2D eigenvalue weighted by molar-refractivity contribution is 0.557. The van der Waals surface area contributed by atoms with E-state index >= 15 is 0 Å². The highest BCUT2D eigenvalue weighted by Gasteiger charge is 2.19. The summed E-state index contributed by atoms with van der Waals surface area (Å²) in [4.78, 5) is 3.93. The van der Waals surface area contributed by atoms with Crippen LogP contribution in [-0.2, 0) is 10.0 Å². The van der Waals surface area contributed by atoms with E-state index in [0.29, 0.717) is 18.8 Å². The number of nitrogens with zero attached hydrogens (tertiary/aromatic N) is 1. The summed E-state index contributed by atoms with van der Waals surface area (Å²) >= 11 is 0. The topological polar surface area (TPSA) is 71.1 Å². The molecule has 6 heteroatoms. The second-order valence-corrected chi connectivity index (χ2v) is 5.81. The molecule has 0 atom stereocenters. The molecule has 0 spiro atoms. The lowest BCUT2D eigenvalue weighted by atomic mass is 10.2. The van der Waals surface area contributed by atoms with Crippen LogP contribution in [0.1, 0.15) is 20.8 Å². The molecule has 0 saturated carbocycles. The number of nitrogens with one attached hydrogen (secondary N) is 2. The van der Waals surface area contributed by atoms with Gasteiger partial charge in [0.2, 0.25) is 0 Å². The third-order valence-corrected chi connectivity index (χ3v) is 3.46. The van der Waals surface area contributed by atoms with Crippen molar-refractivity contribution in [3.8, 4) is 0 Å². The van der Waals surface area contributed by atoms with Crippen LogP contribution in [0.15, 0.2) is 23.4 Å². The van der Waals surface area contributed by atoms with Crippen molar-refractivity contribution < 1.29 is 8.42 Å². The van der Waals surface area contributed by atoms with Gasteiger partial charge in [-0.2, -0.15) is 0 Å². The quantitative estimate of drug-likeness (QED) is 0.809. The summed E-state index contributed by atoms with van der Waals surface area (Å²) in [5.74, 6) is 0.260. The van der Waals surface area contributed by atoms with Crippen molar-refractivity contribution >= 4 is 15.7 Å². The van der Waals surface area contributed by atoms with Crippen molar-refractivity contribution in [3.63, 3.8) is 0 Å². The molecule has 0 aliphatic rings. The molecule has 0 aliphatic heterocycles. The van der Waals surface area contributed by atoms with Gasteiger partial charge < -0.3 is 5.32 Å². The third kappa shape index (κ3) is 3.98. The zero-order valence-electron chi connectivity index (χ0n) is 10.4. The second kappa shape index (κ2) is 5.97. The predicted octanol–water partition coefficient (Wildman–Crippen LogP) is 1.45. The van der Waals surface area contributed by atoms with Gasteiger partial charge in [0.15, 0.2) is 5.03 Å². The molecule has 1 aromatic rings. The molecule has 17 heavy (non-hydrogen) atoms. The highest BCUT2D eigenvalue weighted by atomic mass is 32.2. The Labute approximate surface area is 103 Å². The highest BCUT2D eigenvalue weighted by molar-refractivity contribution is 7.89. The van der Waals surface area contributed by atoms with E-state index in [2.05, 4.69) is 15.0 Å². The fourth-order valence-electron chi connectivity index (χ4n) is 1.27. The second-order valence-electron chi connectivity index (χ2n) is 4.13. The summed E-state index contributed by atoms with van der Waals surface area (Å²) in [6.07, 6.45) is 1.48. The van der Waals surface area contributed by atoms with Gasteiger partial charge >= 0.3 is 0 Å². The zero-order chi connectivity index (χ0) is 12.9. The molecule has 0 unspecified atom stereocenters. The molecule has 96 valence electrons. The number of pyridine rings is 1. The molecule has 1 heterocycles. The first-order valence-corrected chi connectivity index (χ1v) is 7.14. The Balaban J connectivity index is 2.97. The van der Waals surface area contributed by atoms with Crippen molar-refractivity contribution in [2.45, 2.75) is 25.8 Å². The van der Waals surface area contributed by atoms with Gasteiger partial charge in [-0.1, -0.05) is 13.8 Å². The van der Waals surface area contributed by atoms with Gasteiger partial charge in [0.1, 0.15) is 0 Å². The highest BCUT2D eigenvalue weighted by Crippen LogP contribution is 2.17. The van der Waals surface area contributed by atoms with Crippen LogP contribution in [0.4, 0.5) is 5.69 Å². The van der Waals surface area contributed by atoms with Crippen LogP contribution < -0.4 is 10.0 Å². The minimum Gasteiger partial charge on any atom is -0.383 e. The van der Waals surface area contributed by atoms with Gasteiger partial charge in [0.05, 0.1) is 5.69 Å². The molecular weight excluding hydrogens is 238 g/mol. The number of sulfonamides is 1. The zero-order valence-corrected chi connectivity index (χ0v) is 11.2. The average molecular weight is 257 g/mol. The maximum atomic E-state index is 12.0. The smallest absolute Gasteiger partial charge is 0.260 e. The first-order chi connectivity index (χ1) is 7.97. The van der Waals surface area contributed by atoms with Crippen molar-refractivity contribution in [1.82, 2.24) is 9.71 Å². The van der Waals surface area contributed by atoms with E-state index in [1.165, 1.54) is 6.20 Å². The molecule has 1 aromatic heterocycles. The molecule has 0 saturated heterocycles. The lowest BCUT2D eigenvalue weighted by Gasteiger charge is -2.12. The summed E-state index contributed by atoms with van der Waals surface area (Å²) in [6.45, 7) is 6.87. The Bertz CT molecular complexity index is 458. The summed E-state index contributed by atoms with van der Waals surface area (Å²) in [5, 5.41) is 3.05. The van der Waals surface area contributed by atoms with Crippen LogP contribution in [-0.4, -0.2) is 26.5 Å². The molecule has 0 aliphatic carbocycles. The lowest BCUT2D eigenvalue weighted by Crippen LogP contribution is -2.29. The van der Waals surface area contributed by atoms with Crippen LogP contribution in [0.2, 0.25) is 0 Å². The molecule has 5 nitrogen and oxygen atoms in total. The van der Waals surface area contributed by atoms with Crippen LogP contribution in [0.5, 0.6) is 0 Å². The van der Waals surface area contributed by atoms with Gasteiger partial charge in [-0.3, -0.25) is 0 Å². The fourth-order valence-corrected chi connectivity index (χ4v) is 2.59. The van der Waals surface area contributed by atoms with Gasteiger partial charge in [-0.15, -0.1) is 0 Å². The Kier molecular flexibility index (Phi) is 4.89. The Morgan fingerprint density at radius 3 is 2.71 bits per heavy atom. The summed E-state index contributed by atoms with van der Waals surface area (Å²) in [5.41, 5.74) is 0.534. The number of hydrogen-bond acceptors (Lipinski definition) is 4. The molecule has 0 bridgehead atoms. The number of hydrogen-bond donors (Lipinski definition) is 2. The van der Waals surface area contributed by atoms with Crippen LogP contribution >= 0.6 is 0 Å². The van der Waals surface area contributed by atoms with Crippen molar-refractivity contribution in [2.75, 3.05) is 18.4 Å². The van der Waals surface area contributed by atoms with Gasteiger partial charge in [0, 0.05) is 19.3 Å². The Morgan fingerprint density at radius 1 is 1.41 bits per heavy atom. The standard InChI is InChI=1S/C11H19N3O2S/c1-4-12-10-6-5-7-13-11(10)17(15,16)14-8-9(2)3/h5-7,9,12,14H,4,8H2,1-3H3. The van der Waals surface area contributed by atoms with Crippen molar-refractivity contribution in [1.29, 1.82) is 0 Å². The monoisotopic (exact) mass is 257 g/mol. The molecule has 0 radical (unpaired) electrons. The minimum atomic E-state index is -3.53. The van der Waals surface area contributed by atoms with E-state index in [9.17, 15) is 8.42 Å². The van der Waals surface area contributed by atoms with Crippen LogP contribution in [0, 0.1) is 5.92 Å². The largest absolute Gasteiger partial charge is 0.383 e. The molecule has 0 amide bonds. The third-order valence-electron chi connectivity index (χ3n) is 2.07. The molecule has 2 N–H and O–H groups in total. The first kappa shape index (κ1) is 13.9. The fraction of sp³-hybridized carbons (Fsp3) is 0.545. The summed E-state index contributed by atoms with van der Waals surface area (Å²) in [6, 6.07) is 3.42. The van der Waals surface area contributed by atoms with Gasteiger partial charge in [-0.05, 0) is 25.0 Å². The van der Waals surface area contributed by atoms with Gasteiger partial charge in [-0.25, -0.2) is 18.1 Å². The number of rotatable bonds is 6. The van der Waals surface area contributed by atoms with E-state index in [0.717, 1.165) is 0 Å². The van der Waals surface area contributed by atoms with Crippen molar-refractivity contribution in [2.24, 2.45) is 5.92 Å². The molecular formula is C11H19N3O2S. The van der Waals surface area contributed by atoms with E-state index in [1.807, 2.05) is 20.8 Å². The minimum absolute atomic E-state index is 0.0579. The maximum Gasteiger partial charge on any atom is 0.260 e. The Morgan fingerprint density at radius 2 is 2.12 bits per heavy atom. The van der Waals surface area contributed by atoms with Gasteiger partial charge in [0.25, 0.3) is 10.0 Å². The van der Waals surface area contributed by atoms with E-state index in [-0.39, 0.29) is 10.9 Å². The predicted molar refractivity (Wildman–Crippen MR) is 68.4 cm³/mol.